The van der Waals surface area contributed by atoms with Crippen LogP contribution in [0.4, 0.5) is 5.82 Å². The quantitative estimate of drug-likeness (QED) is 0.598. The van der Waals surface area contributed by atoms with E-state index in [0.717, 1.165) is 31.6 Å². The molecule has 1 aliphatic rings. The molecule has 4 N–H and O–H groups in total. The van der Waals surface area contributed by atoms with Gasteiger partial charge in [0.1, 0.15) is 11.7 Å². The van der Waals surface area contributed by atoms with Crippen LogP contribution in [0.2, 0.25) is 0 Å². The second-order valence-corrected chi connectivity index (χ2v) is 6.82. The molecule has 0 unspecified atom stereocenters. The highest BCUT2D eigenvalue weighted by Crippen LogP contribution is 2.24. The number of nitrogens with zero attached hydrogens (tertiary/aromatic N) is 2. The molecule has 5 heteroatoms. The Morgan fingerprint density at radius 2 is 2.08 bits per heavy atom. The molecule has 0 spiro atoms. The van der Waals surface area contributed by atoms with E-state index in [0.29, 0.717) is 23.6 Å². The smallest absolute Gasteiger partial charge is 0.131 e. The lowest BCUT2D eigenvalue weighted by atomic mass is 9.91. The second kappa shape index (κ2) is 7.09. The maximum atomic E-state index is 8.51. The van der Waals surface area contributed by atoms with E-state index >= 15 is 0 Å². The average molecular weight is 325 g/mol. The predicted octanol–water partition coefficient (Wildman–Crippen LogP) is 2.76. The third-order valence-corrected chi connectivity index (χ3v) is 5.14. The molecular formula is C19H27N5. The Labute approximate surface area is 144 Å². The summed E-state index contributed by atoms with van der Waals surface area (Å²) in [6.45, 7) is 5.34. The van der Waals surface area contributed by atoms with Gasteiger partial charge in [0.25, 0.3) is 0 Å². The van der Waals surface area contributed by atoms with Crippen LogP contribution in [0, 0.1) is 11.3 Å². The van der Waals surface area contributed by atoms with Crippen LogP contribution in [-0.4, -0.2) is 46.8 Å². The number of nitrogen functional groups attached to an aromatic ring is 1. The summed E-state index contributed by atoms with van der Waals surface area (Å²) >= 11 is 0. The van der Waals surface area contributed by atoms with Gasteiger partial charge in [0.15, 0.2) is 0 Å². The lowest BCUT2D eigenvalue weighted by Gasteiger charge is -2.42. The summed E-state index contributed by atoms with van der Waals surface area (Å²) in [6.07, 6.45) is 2.94. The topological polar surface area (TPSA) is 72.1 Å². The monoisotopic (exact) mass is 325 g/mol. The van der Waals surface area contributed by atoms with Gasteiger partial charge in [0, 0.05) is 32.4 Å². The zero-order valence-corrected chi connectivity index (χ0v) is 14.5. The van der Waals surface area contributed by atoms with Crippen LogP contribution in [0.15, 0.2) is 42.6 Å². The van der Waals surface area contributed by atoms with Gasteiger partial charge in [-0.15, -0.1) is 0 Å². The van der Waals surface area contributed by atoms with Crippen molar-refractivity contribution in [2.45, 2.75) is 25.9 Å². The van der Waals surface area contributed by atoms with Crippen LogP contribution < -0.4 is 5.73 Å². The highest BCUT2D eigenvalue weighted by Gasteiger charge is 2.31. The number of likely N-dealkylation sites (N-methyl/N-ethyl adjacent to an activating group) is 1. The molecule has 0 saturated carbocycles. The molecule has 128 valence electrons. The van der Waals surface area contributed by atoms with E-state index < -0.39 is 0 Å². The van der Waals surface area contributed by atoms with Crippen LogP contribution in [0.25, 0.3) is 0 Å². The summed E-state index contributed by atoms with van der Waals surface area (Å²) in [5, 5.41) is 8.51. The van der Waals surface area contributed by atoms with Crippen molar-refractivity contribution in [1.29, 1.82) is 5.41 Å². The van der Waals surface area contributed by atoms with Gasteiger partial charge in [-0.1, -0.05) is 37.3 Å². The Kier molecular flexibility index (Phi) is 4.90. The van der Waals surface area contributed by atoms with Crippen molar-refractivity contribution in [1.82, 2.24) is 14.8 Å². The zero-order valence-electron chi connectivity index (χ0n) is 14.5. The number of likely N-dealkylation sites (tertiary alicyclic amines) is 1. The maximum Gasteiger partial charge on any atom is 0.131 e. The largest absolute Gasteiger partial charge is 0.385 e. The Morgan fingerprint density at radius 1 is 1.33 bits per heavy atom. The lowest BCUT2D eigenvalue weighted by Crippen LogP contribution is -2.52. The minimum Gasteiger partial charge on any atom is -0.385 e. The van der Waals surface area contributed by atoms with Gasteiger partial charge < -0.3 is 15.6 Å². The maximum absolute atomic E-state index is 8.51. The Bertz CT molecular complexity index is 678. The fraction of sp³-hybridized carbons (Fsp3) is 0.421. The van der Waals surface area contributed by atoms with Crippen LogP contribution >= 0.6 is 0 Å². The van der Waals surface area contributed by atoms with E-state index in [1.807, 2.05) is 13.1 Å². The normalized spacial score (nSPS) is 21.6. The first-order chi connectivity index (χ1) is 11.6. The number of H-pyrrole nitrogens is 1. The van der Waals surface area contributed by atoms with Crippen molar-refractivity contribution < 1.29 is 0 Å². The number of hydrogen-bond acceptors (Lipinski definition) is 3. The Balaban J connectivity index is 1.69. The summed E-state index contributed by atoms with van der Waals surface area (Å²) in [5.41, 5.74) is 8.07. The standard InChI is InChI=1S/C19H27N5/c1-14-9-11-24(12-15-6-4-3-5-7-15)13-17(14)23(2)19(21)16-8-10-22-18(16)20/h3-8,10,14,17,21-22H,9,11-13,20H2,1-2H3/t14-,17+/m1/s1. The fourth-order valence-electron chi connectivity index (χ4n) is 3.55. The molecule has 3 rings (SSSR count). The number of rotatable bonds is 4. The Morgan fingerprint density at radius 3 is 2.75 bits per heavy atom. The zero-order chi connectivity index (χ0) is 17.1. The molecule has 2 heterocycles. The van der Waals surface area contributed by atoms with Gasteiger partial charge in [-0.25, -0.2) is 0 Å². The highest BCUT2D eigenvalue weighted by molar-refractivity contribution is 6.00. The van der Waals surface area contributed by atoms with Crippen molar-refractivity contribution in [3.63, 3.8) is 0 Å². The molecule has 1 aliphatic heterocycles. The first-order valence-electron chi connectivity index (χ1n) is 8.57. The molecular weight excluding hydrogens is 298 g/mol. The summed E-state index contributed by atoms with van der Waals surface area (Å²) in [4.78, 5) is 7.53. The van der Waals surface area contributed by atoms with Gasteiger partial charge in [-0.3, -0.25) is 10.3 Å². The minimum absolute atomic E-state index is 0.323. The van der Waals surface area contributed by atoms with Crippen molar-refractivity contribution in [2.24, 2.45) is 5.92 Å². The number of nitrogens with two attached hydrogens (primary N) is 1. The van der Waals surface area contributed by atoms with E-state index in [9.17, 15) is 0 Å². The van der Waals surface area contributed by atoms with Crippen molar-refractivity contribution >= 4 is 11.7 Å². The molecule has 24 heavy (non-hydrogen) atoms. The van der Waals surface area contributed by atoms with E-state index in [1.165, 1.54) is 5.56 Å². The number of benzene rings is 1. The molecule has 1 saturated heterocycles. The van der Waals surface area contributed by atoms with Gasteiger partial charge in [-0.2, -0.15) is 0 Å². The molecule has 2 atom stereocenters. The number of amidine groups is 1. The van der Waals surface area contributed by atoms with Crippen LogP contribution in [-0.2, 0) is 6.54 Å². The molecule has 0 aliphatic carbocycles. The van der Waals surface area contributed by atoms with Crippen molar-refractivity contribution in [2.75, 3.05) is 25.9 Å². The first-order valence-corrected chi connectivity index (χ1v) is 8.57. The summed E-state index contributed by atoms with van der Waals surface area (Å²) < 4.78 is 0. The molecule has 1 aromatic heterocycles. The van der Waals surface area contributed by atoms with Gasteiger partial charge in [0.05, 0.1) is 5.56 Å². The fourth-order valence-corrected chi connectivity index (χ4v) is 3.55. The molecule has 0 bridgehead atoms. The number of hydrogen-bond donors (Lipinski definition) is 3. The highest BCUT2D eigenvalue weighted by atomic mass is 15.2. The van der Waals surface area contributed by atoms with Crippen LogP contribution in [0.5, 0.6) is 0 Å². The second-order valence-electron chi connectivity index (χ2n) is 6.82. The summed E-state index contributed by atoms with van der Waals surface area (Å²) in [6, 6.07) is 12.8. The first kappa shape index (κ1) is 16.6. The number of piperidine rings is 1. The Hall–Kier alpha value is -2.27. The van der Waals surface area contributed by atoms with Crippen molar-refractivity contribution in [3.8, 4) is 0 Å². The van der Waals surface area contributed by atoms with E-state index in [-0.39, 0.29) is 0 Å². The van der Waals surface area contributed by atoms with Crippen LogP contribution in [0.1, 0.15) is 24.5 Å². The van der Waals surface area contributed by atoms with E-state index in [4.69, 9.17) is 11.1 Å². The number of nitrogens with one attached hydrogen (secondary N) is 2. The van der Waals surface area contributed by atoms with Crippen molar-refractivity contribution in [3.05, 3.63) is 53.7 Å². The molecule has 5 nitrogen and oxygen atoms in total. The molecule has 2 aromatic rings. The third-order valence-electron chi connectivity index (χ3n) is 5.14. The van der Waals surface area contributed by atoms with Crippen LogP contribution in [0.3, 0.4) is 0 Å². The summed E-state index contributed by atoms with van der Waals surface area (Å²) in [7, 11) is 2.02. The van der Waals surface area contributed by atoms with Gasteiger partial charge in [0.2, 0.25) is 0 Å². The predicted molar refractivity (Wildman–Crippen MR) is 99.1 cm³/mol. The molecule has 0 radical (unpaired) electrons. The van der Waals surface area contributed by atoms with E-state index in [1.54, 1.807) is 6.20 Å². The summed E-state index contributed by atoms with van der Waals surface area (Å²) in [5.74, 6) is 1.62. The molecule has 0 amide bonds. The minimum atomic E-state index is 0.323. The average Bonchev–Trinajstić information content (AvgIpc) is 3.02. The lowest BCUT2D eigenvalue weighted by molar-refractivity contribution is 0.105. The van der Waals surface area contributed by atoms with E-state index in [2.05, 4.69) is 52.0 Å². The van der Waals surface area contributed by atoms with Gasteiger partial charge >= 0.3 is 0 Å². The van der Waals surface area contributed by atoms with Gasteiger partial charge in [-0.05, 0) is 30.5 Å². The number of aromatic amines is 1. The SMILES string of the molecule is C[C@@H]1CCN(Cc2ccccc2)C[C@@H]1N(C)C(=N)c1cc[nH]c1N. The molecule has 1 aromatic carbocycles. The number of aromatic nitrogens is 1. The molecule has 1 fully saturated rings. The third kappa shape index (κ3) is 3.46. The number of anilines is 1.